The van der Waals surface area contributed by atoms with Crippen molar-refractivity contribution in [2.45, 2.75) is 32.8 Å². The summed E-state index contributed by atoms with van der Waals surface area (Å²) in [6, 6.07) is 12.9. The predicted molar refractivity (Wildman–Crippen MR) is 112 cm³/mol. The van der Waals surface area contributed by atoms with Crippen LogP contribution in [0.4, 0.5) is 11.4 Å². The van der Waals surface area contributed by atoms with Crippen molar-refractivity contribution in [3.8, 4) is 0 Å². The molecule has 1 aromatic heterocycles. The van der Waals surface area contributed by atoms with Gasteiger partial charge in [0.05, 0.1) is 24.1 Å². The number of ether oxygens (including phenoxy) is 1. The number of nitrogens with zero attached hydrogens (tertiary/aromatic N) is 1. The number of anilines is 2. The number of nitrogens with one attached hydrogen (secondary N) is 1. The van der Waals surface area contributed by atoms with E-state index < -0.39 is 18.0 Å². The second kappa shape index (κ2) is 8.02. The van der Waals surface area contributed by atoms with Gasteiger partial charge in [0.15, 0.2) is 6.10 Å². The zero-order valence-corrected chi connectivity index (χ0v) is 16.8. The number of carbonyl (C=O) groups is 3. The number of furan rings is 1. The molecule has 154 valence electrons. The van der Waals surface area contributed by atoms with Crippen molar-refractivity contribution in [1.29, 1.82) is 0 Å². The molecule has 4 rings (SSSR count). The number of aryl methyl sites for hydroxylation is 1. The number of benzene rings is 2. The van der Waals surface area contributed by atoms with E-state index in [2.05, 4.69) is 12.2 Å². The second-order valence-corrected chi connectivity index (χ2v) is 7.24. The number of hydrogen-bond donors (Lipinski definition) is 1. The van der Waals surface area contributed by atoms with Gasteiger partial charge in [-0.25, -0.2) is 0 Å². The molecule has 0 bridgehead atoms. The first-order valence-corrected chi connectivity index (χ1v) is 9.85. The van der Waals surface area contributed by atoms with E-state index in [-0.39, 0.29) is 18.9 Å². The van der Waals surface area contributed by atoms with Gasteiger partial charge < -0.3 is 14.5 Å². The van der Waals surface area contributed by atoms with Gasteiger partial charge in [0, 0.05) is 10.9 Å². The Bertz CT molecular complexity index is 1130. The number of hydrogen-bond acceptors (Lipinski definition) is 5. The van der Waals surface area contributed by atoms with Crippen LogP contribution in [0.1, 0.15) is 25.0 Å². The van der Waals surface area contributed by atoms with Crippen molar-refractivity contribution in [2.24, 2.45) is 0 Å². The van der Waals surface area contributed by atoms with E-state index in [0.29, 0.717) is 16.9 Å². The van der Waals surface area contributed by atoms with E-state index in [0.717, 1.165) is 23.0 Å². The Balaban J connectivity index is 1.45. The Hall–Kier alpha value is -3.61. The second-order valence-electron chi connectivity index (χ2n) is 7.24. The molecule has 7 heteroatoms. The van der Waals surface area contributed by atoms with Gasteiger partial charge in [0.1, 0.15) is 12.1 Å². The summed E-state index contributed by atoms with van der Waals surface area (Å²) in [4.78, 5) is 38.6. The maximum atomic E-state index is 12.9. The van der Waals surface area contributed by atoms with Gasteiger partial charge >= 0.3 is 5.97 Å². The van der Waals surface area contributed by atoms with E-state index in [1.807, 2.05) is 18.2 Å². The molecule has 0 unspecified atom stereocenters. The molecule has 3 aromatic rings. The largest absolute Gasteiger partial charge is 0.464 e. The number of para-hydroxylation sites is 2. The van der Waals surface area contributed by atoms with Crippen LogP contribution in [0.25, 0.3) is 11.0 Å². The summed E-state index contributed by atoms with van der Waals surface area (Å²) in [5.41, 5.74) is 3.71. The smallest absolute Gasteiger partial charge is 0.311 e. The van der Waals surface area contributed by atoms with Gasteiger partial charge in [-0.2, -0.15) is 0 Å². The zero-order chi connectivity index (χ0) is 21.3. The van der Waals surface area contributed by atoms with Crippen molar-refractivity contribution in [2.75, 3.05) is 16.8 Å². The van der Waals surface area contributed by atoms with E-state index in [1.165, 1.54) is 11.8 Å². The van der Waals surface area contributed by atoms with Crippen molar-refractivity contribution in [1.82, 2.24) is 0 Å². The van der Waals surface area contributed by atoms with Crippen LogP contribution in [0, 0.1) is 0 Å². The van der Waals surface area contributed by atoms with Crippen molar-refractivity contribution in [3.05, 3.63) is 59.9 Å². The minimum absolute atomic E-state index is 0.00678. The molecular formula is C23H22N2O5. The minimum atomic E-state index is -1.03. The zero-order valence-electron chi connectivity index (χ0n) is 16.8. The van der Waals surface area contributed by atoms with E-state index >= 15 is 0 Å². The highest BCUT2D eigenvalue weighted by Crippen LogP contribution is 2.29. The lowest BCUT2D eigenvalue weighted by atomic mass is 10.1. The number of rotatable bonds is 5. The third-order valence-electron chi connectivity index (χ3n) is 5.16. The Morgan fingerprint density at radius 2 is 2.03 bits per heavy atom. The molecule has 0 fully saturated rings. The van der Waals surface area contributed by atoms with Crippen molar-refractivity contribution in [3.63, 3.8) is 0 Å². The quantitative estimate of drug-likeness (QED) is 0.656. The Kier molecular flexibility index (Phi) is 5.27. The maximum absolute atomic E-state index is 12.9. The molecule has 7 nitrogen and oxygen atoms in total. The minimum Gasteiger partial charge on any atom is -0.464 e. The average molecular weight is 406 g/mol. The third kappa shape index (κ3) is 3.78. The molecule has 1 atom stereocenters. The van der Waals surface area contributed by atoms with Crippen LogP contribution in [-0.4, -0.2) is 30.4 Å². The van der Waals surface area contributed by atoms with Gasteiger partial charge in [-0.15, -0.1) is 0 Å². The molecule has 0 saturated heterocycles. The lowest BCUT2D eigenvalue weighted by Gasteiger charge is -2.30. The third-order valence-corrected chi connectivity index (χ3v) is 5.16. The molecule has 0 saturated carbocycles. The van der Waals surface area contributed by atoms with E-state index in [4.69, 9.17) is 9.15 Å². The Labute approximate surface area is 173 Å². The molecule has 0 spiro atoms. The lowest BCUT2D eigenvalue weighted by molar-refractivity contribution is -0.153. The van der Waals surface area contributed by atoms with Crippen molar-refractivity contribution >= 4 is 40.1 Å². The number of esters is 1. The summed E-state index contributed by atoms with van der Waals surface area (Å²) < 4.78 is 10.9. The fourth-order valence-electron chi connectivity index (χ4n) is 3.58. The van der Waals surface area contributed by atoms with Gasteiger partial charge in [-0.3, -0.25) is 19.3 Å². The molecular weight excluding hydrogens is 384 g/mol. The average Bonchev–Trinajstić information content (AvgIpc) is 3.14. The first kappa shape index (κ1) is 19.7. The molecule has 2 aromatic carbocycles. The SMILES string of the molecule is CCc1ccc2c(CC(=O)O[C@H](C)C(=O)N3CC(=O)Nc4ccccc43)coc2c1. The monoisotopic (exact) mass is 406 g/mol. The van der Waals surface area contributed by atoms with Crippen LogP contribution in [0.3, 0.4) is 0 Å². The number of fused-ring (bicyclic) bond motifs is 2. The summed E-state index contributed by atoms with van der Waals surface area (Å²) >= 11 is 0. The molecule has 0 radical (unpaired) electrons. The summed E-state index contributed by atoms with van der Waals surface area (Å²) in [5, 5.41) is 3.58. The fourth-order valence-corrected chi connectivity index (χ4v) is 3.58. The standard InChI is InChI=1S/C23H22N2O5/c1-3-15-8-9-17-16(13-29-20(17)10-15)11-22(27)30-14(2)23(28)25-12-21(26)24-18-6-4-5-7-19(18)25/h4-10,13-14H,3,11-12H2,1-2H3,(H,24,26)/t14-/m1/s1. The van der Waals surface area contributed by atoms with Crippen LogP contribution in [0.2, 0.25) is 0 Å². The molecule has 1 aliphatic heterocycles. The Morgan fingerprint density at radius 3 is 2.83 bits per heavy atom. The first-order chi connectivity index (χ1) is 14.5. The van der Waals surface area contributed by atoms with Crippen LogP contribution < -0.4 is 10.2 Å². The molecule has 0 aliphatic carbocycles. The molecule has 1 N–H and O–H groups in total. The summed E-state index contributed by atoms with van der Waals surface area (Å²) in [5.74, 6) is -1.28. The Morgan fingerprint density at radius 1 is 1.23 bits per heavy atom. The highest BCUT2D eigenvalue weighted by molar-refractivity contribution is 6.11. The van der Waals surface area contributed by atoms with Crippen molar-refractivity contribution < 1.29 is 23.5 Å². The van der Waals surface area contributed by atoms with Crippen LogP contribution in [0.5, 0.6) is 0 Å². The molecule has 30 heavy (non-hydrogen) atoms. The maximum Gasteiger partial charge on any atom is 0.311 e. The predicted octanol–water partition coefficient (Wildman–Crippen LogP) is 3.45. The van der Waals surface area contributed by atoms with Crippen LogP contribution >= 0.6 is 0 Å². The van der Waals surface area contributed by atoms with E-state index in [9.17, 15) is 14.4 Å². The number of carbonyl (C=O) groups excluding carboxylic acids is 3. The van der Waals surface area contributed by atoms with Gasteiger partial charge in [0.25, 0.3) is 5.91 Å². The summed E-state index contributed by atoms with van der Waals surface area (Å²) in [6.07, 6.45) is 1.41. The molecule has 1 aliphatic rings. The number of amides is 2. The topological polar surface area (TPSA) is 88.9 Å². The normalized spacial score (nSPS) is 14.2. The summed E-state index contributed by atoms with van der Waals surface area (Å²) in [6.45, 7) is 3.45. The van der Waals surface area contributed by atoms with Gasteiger partial charge in [-0.05, 0) is 37.1 Å². The van der Waals surface area contributed by atoms with Crippen LogP contribution in [0.15, 0.2) is 53.1 Å². The van der Waals surface area contributed by atoms with Gasteiger partial charge in [0.2, 0.25) is 5.91 Å². The molecule has 2 heterocycles. The summed E-state index contributed by atoms with van der Waals surface area (Å²) in [7, 11) is 0. The lowest BCUT2D eigenvalue weighted by Crippen LogP contribution is -2.47. The van der Waals surface area contributed by atoms with Crippen LogP contribution in [-0.2, 0) is 32.0 Å². The van der Waals surface area contributed by atoms with Gasteiger partial charge in [-0.1, -0.05) is 31.2 Å². The van der Waals surface area contributed by atoms with E-state index in [1.54, 1.807) is 30.5 Å². The first-order valence-electron chi connectivity index (χ1n) is 9.85. The molecule has 2 amide bonds. The fraction of sp³-hybridized carbons (Fsp3) is 0.261. The highest BCUT2D eigenvalue weighted by atomic mass is 16.5. The highest BCUT2D eigenvalue weighted by Gasteiger charge is 2.31.